The van der Waals surface area contributed by atoms with Gasteiger partial charge in [0.25, 0.3) is 0 Å². The summed E-state index contributed by atoms with van der Waals surface area (Å²) in [5.74, 6) is 1.12. The predicted octanol–water partition coefficient (Wildman–Crippen LogP) is 1.61. The summed E-state index contributed by atoms with van der Waals surface area (Å²) in [5, 5.41) is 9.53. The van der Waals surface area contributed by atoms with Gasteiger partial charge in [-0.1, -0.05) is 12.1 Å². The van der Waals surface area contributed by atoms with E-state index in [1.807, 2.05) is 12.1 Å². The Morgan fingerprint density at radius 3 is 2.88 bits per heavy atom. The number of phenols is 1. The SMILES string of the molecule is NCC1C2CCC(O2)C1c1cccc(O)c1. The zero-order valence-electron chi connectivity index (χ0n) is 9.17. The third-order valence-electron chi connectivity index (χ3n) is 3.95. The molecule has 0 amide bonds. The van der Waals surface area contributed by atoms with E-state index in [0.717, 1.165) is 12.8 Å². The maximum Gasteiger partial charge on any atom is 0.115 e. The minimum Gasteiger partial charge on any atom is -0.508 e. The molecule has 3 rings (SSSR count). The van der Waals surface area contributed by atoms with Crippen LogP contribution in [0.5, 0.6) is 5.75 Å². The third kappa shape index (κ3) is 1.43. The monoisotopic (exact) mass is 219 g/mol. The van der Waals surface area contributed by atoms with Crippen LogP contribution < -0.4 is 5.73 Å². The van der Waals surface area contributed by atoms with Crippen LogP contribution in [0.4, 0.5) is 0 Å². The summed E-state index contributed by atoms with van der Waals surface area (Å²) in [6.07, 6.45) is 2.91. The normalized spacial score (nSPS) is 36.8. The van der Waals surface area contributed by atoms with Gasteiger partial charge in [-0.25, -0.2) is 0 Å². The van der Waals surface area contributed by atoms with Crippen molar-refractivity contribution >= 4 is 0 Å². The molecule has 0 radical (unpaired) electrons. The van der Waals surface area contributed by atoms with Crippen LogP contribution in [0.1, 0.15) is 24.3 Å². The molecular weight excluding hydrogens is 202 g/mol. The summed E-state index contributed by atoms with van der Waals surface area (Å²) < 4.78 is 5.92. The van der Waals surface area contributed by atoms with E-state index in [9.17, 15) is 5.11 Å². The molecule has 3 N–H and O–H groups in total. The van der Waals surface area contributed by atoms with E-state index < -0.39 is 0 Å². The van der Waals surface area contributed by atoms with E-state index in [-0.39, 0.29) is 0 Å². The quantitative estimate of drug-likeness (QED) is 0.794. The van der Waals surface area contributed by atoms with Crippen molar-refractivity contribution in [2.45, 2.75) is 31.0 Å². The molecule has 0 aromatic heterocycles. The number of hydrogen-bond donors (Lipinski definition) is 2. The van der Waals surface area contributed by atoms with Crippen LogP contribution in [-0.2, 0) is 4.74 Å². The number of hydrogen-bond acceptors (Lipinski definition) is 3. The Kier molecular flexibility index (Phi) is 2.37. The molecule has 2 bridgehead atoms. The minimum absolute atomic E-state index is 0.306. The predicted molar refractivity (Wildman–Crippen MR) is 61.3 cm³/mol. The number of rotatable bonds is 2. The molecular formula is C13H17NO2. The van der Waals surface area contributed by atoms with Crippen LogP contribution in [0, 0.1) is 5.92 Å². The van der Waals surface area contributed by atoms with Gasteiger partial charge in [0.2, 0.25) is 0 Å². The summed E-state index contributed by atoms with van der Waals surface area (Å²) >= 11 is 0. The van der Waals surface area contributed by atoms with Crippen molar-refractivity contribution in [1.29, 1.82) is 0 Å². The van der Waals surface area contributed by atoms with Crippen molar-refractivity contribution in [3.8, 4) is 5.75 Å². The molecule has 2 saturated heterocycles. The van der Waals surface area contributed by atoms with E-state index in [0.29, 0.717) is 36.3 Å². The van der Waals surface area contributed by atoms with Gasteiger partial charge in [0.15, 0.2) is 0 Å². The molecule has 1 aromatic carbocycles. The second kappa shape index (κ2) is 3.75. The molecule has 2 fully saturated rings. The number of nitrogens with two attached hydrogens (primary N) is 1. The van der Waals surface area contributed by atoms with Gasteiger partial charge in [-0.2, -0.15) is 0 Å². The van der Waals surface area contributed by atoms with Gasteiger partial charge < -0.3 is 15.6 Å². The molecule has 1 aromatic rings. The van der Waals surface area contributed by atoms with Gasteiger partial charge in [0.05, 0.1) is 12.2 Å². The van der Waals surface area contributed by atoms with E-state index in [1.165, 1.54) is 5.56 Å². The zero-order chi connectivity index (χ0) is 11.1. The highest BCUT2D eigenvalue weighted by Gasteiger charge is 2.48. The average Bonchev–Trinajstić information content (AvgIpc) is 2.88. The summed E-state index contributed by atoms with van der Waals surface area (Å²) in [4.78, 5) is 0. The summed E-state index contributed by atoms with van der Waals surface area (Å²) in [6, 6.07) is 7.51. The van der Waals surface area contributed by atoms with Crippen molar-refractivity contribution in [2.75, 3.05) is 6.54 Å². The molecule has 0 saturated carbocycles. The highest BCUT2D eigenvalue weighted by Crippen LogP contribution is 2.48. The Labute approximate surface area is 95.2 Å². The van der Waals surface area contributed by atoms with Crippen molar-refractivity contribution in [1.82, 2.24) is 0 Å². The molecule has 3 nitrogen and oxygen atoms in total. The van der Waals surface area contributed by atoms with Crippen molar-refractivity contribution in [3.05, 3.63) is 29.8 Å². The van der Waals surface area contributed by atoms with Crippen LogP contribution in [0.2, 0.25) is 0 Å². The lowest BCUT2D eigenvalue weighted by atomic mass is 9.75. The molecule has 4 unspecified atom stereocenters. The lowest BCUT2D eigenvalue weighted by molar-refractivity contribution is 0.0918. The molecule has 2 aliphatic rings. The second-order valence-electron chi connectivity index (χ2n) is 4.81. The maximum atomic E-state index is 9.53. The lowest BCUT2D eigenvalue weighted by Crippen LogP contribution is -2.31. The van der Waals surface area contributed by atoms with Gasteiger partial charge in [-0.3, -0.25) is 0 Å². The fourth-order valence-corrected chi connectivity index (χ4v) is 3.27. The Morgan fingerprint density at radius 2 is 2.12 bits per heavy atom. The number of aromatic hydroxyl groups is 1. The molecule has 2 aliphatic heterocycles. The lowest BCUT2D eigenvalue weighted by Gasteiger charge is -2.27. The summed E-state index contributed by atoms with van der Waals surface area (Å²) in [5.41, 5.74) is 7.01. The number of ether oxygens (including phenoxy) is 1. The second-order valence-corrected chi connectivity index (χ2v) is 4.81. The van der Waals surface area contributed by atoms with Crippen LogP contribution in [-0.4, -0.2) is 23.9 Å². The van der Waals surface area contributed by atoms with Crippen LogP contribution >= 0.6 is 0 Å². The van der Waals surface area contributed by atoms with Crippen LogP contribution in [0.3, 0.4) is 0 Å². The largest absolute Gasteiger partial charge is 0.508 e. The molecule has 2 heterocycles. The van der Waals surface area contributed by atoms with Crippen LogP contribution in [0.25, 0.3) is 0 Å². The Hall–Kier alpha value is -1.06. The fourth-order valence-electron chi connectivity index (χ4n) is 3.27. The van der Waals surface area contributed by atoms with E-state index in [4.69, 9.17) is 10.5 Å². The molecule has 0 aliphatic carbocycles. The Bertz CT molecular complexity index is 393. The van der Waals surface area contributed by atoms with Crippen molar-refractivity contribution < 1.29 is 9.84 Å². The van der Waals surface area contributed by atoms with Gasteiger partial charge >= 0.3 is 0 Å². The minimum atomic E-state index is 0.306. The first-order valence-corrected chi connectivity index (χ1v) is 5.94. The number of phenolic OH excluding ortho intramolecular Hbond substituents is 1. The number of fused-ring (bicyclic) bond motifs is 2. The highest BCUT2D eigenvalue weighted by molar-refractivity contribution is 5.32. The maximum absolute atomic E-state index is 9.53. The van der Waals surface area contributed by atoms with Gasteiger partial charge in [-0.05, 0) is 37.1 Å². The third-order valence-corrected chi connectivity index (χ3v) is 3.95. The van der Waals surface area contributed by atoms with Crippen molar-refractivity contribution in [3.63, 3.8) is 0 Å². The molecule has 16 heavy (non-hydrogen) atoms. The van der Waals surface area contributed by atoms with E-state index >= 15 is 0 Å². The summed E-state index contributed by atoms with van der Waals surface area (Å²) in [7, 11) is 0. The standard InChI is InChI=1S/C13H17NO2/c14-7-10-11-4-5-12(16-11)13(10)8-2-1-3-9(15)6-8/h1-3,6,10-13,15H,4-5,7,14H2. The molecule has 86 valence electrons. The van der Waals surface area contributed by atoms with Crippen molar-refractivity contribution in [2.24, 2.45) is 11.7 Å². The van der Waals surface area contributed by atoms with Gasteiger partial charge in [-0.15, -0.1) is 0 Å². The molecule has 0 spiro atoms. The molecule has 4 atom stereocenters. The highest BCUT2D eigenvalue weighted by atomic mass is 16.5. The smallest absolute Gasteiger partial charge is 0.115 e. The average molecular weight is 219 g/mol. The Morgan fingerprint density at radius 1 is 1.31 bits per heavy atom. The first-order valence-electron chi connectivity index (χ1n) is 5.94. The first kappa shape index (κ1) is 10.1. The van der Waals surface area contributed by atoms with Gasteiger partial charge in [0.1, 0.15) is 5.75 Å². The van der Waals surface area contributed by atoms with E-state index in [1.54, 1.807) is 6.07 Å². The first-order chi connectivity index (χ1) is 7.79. The summed E-state index contributed by atoms with van der Waals surface area (Å²) in [6.45, 7) is 0.668. The molecule has 3 heteroatoms. The topological polar surface area (TPSA) is 55.5 Å². The van der Waals surface area contributed by atoms with E-state index in [2.05, 4.69) is 6.07 Å². The van der Waals surface area contributed by atoms with Gasteiger partial charge in [0, 0.05) is 11.8 Å². The fraction of sp³-hybridized carbons (Fsp3) is 0.538. The number of benzene rings is 1. The van der Waals surface area contributed by atoms with Crippen LogP contribution in [0.15, 0.2) is 24.3 Å². The Balaban J connectivity index is 1.94. The zero-order valence-corrected chi connectivity index (χ0v) is 9.17.